The second-order valence-corrected chi connectivity index (χ2v) is 9.86. The van der Waals surface area contributed by atoms with Crippen molar-refractivity contribution < 1.29 is 42.3 Å². The van der Waals surface area contributed by atoms with Crippen molar-refractivity contribution >= 4 is 6.21 Å². The molecule has 0 bridgehead atoms. The van der Waals surface area contributed by atoms with Crippen molar-refractivity contribution in [3.8, 4) is 40.2 Å². The number of methoxy groups -OCH3 is 4. The first-order chi connectivity index (χ1) is 20.4. The second-order valence-electron chi connectivity index (χ2n) is 9.86. The number of fused-ring (bicyclic) bond motifs is 2. The van der Waals surface area contributed by atoms with E-state index in [-0.39, 0.29) is 17.8 Å². The van der Waals surface area contributed by atoms with Crippen LogP contribution in [0, 0.1) is 16.9 Å². The van der Waals surface area contributed by atoms with E-state index in [1.165, 1.54) is 33.5 Å². The molecule has 2 aromatic carbocycles. The summed E-state index contributed by atoms with van der Waals surface area (Å²) in [5.74, 6) is 1.96. The van der Waals surface area contributed by atoms with Gasteiger partial charge in [0.2, 0.25) is 12.0 Å². The van der Waals surface area contributed by atoms with Crippen molar-refractivity contribution in [2.24, 2.45) is 5.92 Å². The summed E-state index contributed by atoms with van der Waals surface area (Å²) in [6.07, 6.45) is 7.61. The number of aromatic nitrogens is 1. The van der Waals surface area contributed by atoms with Crippen molar-refractivity contribution in [2.75, 3.05) is 41.7 Å². The first-order valence-corrected chi connectivity index (χ1v) is 13.7. The molecule has 0 amide bonds. The van der Waals surface area contributed by atoms with Crippen LogP contribution >= 0.6 is 0 Å². The highest BCUT2D eigenvalue weighted by molar-refractivity contribution is 5.78. The lowest BCUT2D eigenvalue weighted by atomic mass is 9.89. The van der Waals surface area contributed by atoms with Crippen molar-refractivity contribution in [2.45, 2.75) is 31.9 Å². The summed E-state index contributed by atoms with van der Waals surface area (Å²) in [6.45, 7) is 1.42. The van der Waals surface area contributed by atoms with Gasteiger partial charge in [0.15, 0.2) is 28.8 Å². The Bertz CT molecular complexity index is 1440. The molecule has 224 valence electrons. The number of allylic oxidation sites excluding steroid dienone is 1. The molecule has 0 N–H and O–H groups in total. The average Bonchev–Trinajstić information content (AvgIpc) is 3.31. The van der Waals surface area contributed by atoms with Gasteiger partial charge in [0.25, 0.3) is 0 Å². The number of nitrogens with zero attached hydrogens (tertiary/aromatic N) is 2. The fourth-order valence-corrected chi connectivity index (χ4v) is 5.32. The molecule has 0 saturated heterocycles. The lowest BCUT2D eigenvalue weighted by molar-refractivity contribution is -0.409. The number of halogens is 1. The first-order valence-electron chi connectivity index (χ1n) is 13.7. The molecule has 11 heteroatoms. The molecule has 5 rings (SSSR count). The molecule has 1 aromatic heterocycles. The molecule has 1 aliphatic heterocycles. The Kier molecular flexibility index (Phi) is 9.06. The molecule has 42 heavy (non-hydrogen) atoms. The predicted molar refractivity (Wildman–Crippen MR) is 153 cm³/mol. The van der Waals surface area contributed by atoms with E-state index in [0.717, 1.165) is 29.0 Å². The third-order valence-corrected chi connectivity index (χ3v) is 7.37. The SMILES string of the molecule is COc1cc(Oc2ccc(OCCCOC3CCC=C4[C@@H]3Cn3ccc(OC)c3C=[N+]4[O-])cc2F)cc(OC)c1OC. The summed E-state index contributed by atoms with van der Waals surface area (Å²) in [6, 6.07) is 9.46. The largest absolute Gasteiger partial charge is 0.618 e. The van der Waals surface area contributed by atoms with Gasteiger partial charge in [0.1, 0.15) is 22.9 Å². The minimum atomic E-state index is -0.577. The number of benzene rings is 2. The molecule has 2 heterocycles. The maximum Gasteiger partial charge on any atom is 0.208 e. The van der Waals surface area contributed by atoms with Gasteiger partial charge >= 0.3 is 0 Å². The van der Waals surface area contributed by atoms with Gasteiger partial charge in [0.05, 0.1) is 53.7 Å². The fraction of sp³-hybridized carbons (Fsp3) is 0.387. The van der Waals surface area contributed by atoms with Crippen LogP contribution < -0.4 is 28.4 Å². The zero-order valence-corrected chi connectivity index (χ0v) is 24.1. The zero-order chi connectivity index (χ0) is 29.6. The fourth-order valence-electron chi connectivity index (χ4n) is 5.32. The van der Waals surface area contributed by atoms with Gasteiger partial charge in [-0.05, 0) is 37.1 Å². The van der Waals surface area contributed by atoms with E-state index in [1.807, 2.05) is 22.9 Å². The minimum absolute atomic E-state index is 0.0256. The average molecular weight is 583 g/mol. The summed E-state index contributed by atoms with van der Waals surface area (Å²) in [5, 5.41) is 12.9. The maximum atomic E-state index is 14.9. The van der Waals surface area contributed by atoms with E-state index in [9.17, 15) is 9.60 Å². The molecular weight excluding hydrogens is 547 g/mol. The van der Waals surface area contributed by atoms with Crippen molar-refractivity contribution in [1.82, 2.24) is 4.57 Å². The lowest BCUT2D eigenvalue weighted by Crippen LogP contribution is -2.34. The number of rotatable bonds is 12. The number of ether oxygens (including phenoxy) is 7. The van der Waals surface area contributed by atoms with E-state index in [2.05, 4.69) is 0 Å². The van der Waals surface area contributed by atoms with Gasteiger partial charge in [-0.15, -0.1) is 0 Å². The Balaban J connectivity index is 1.14. The third kappa shape index (κ3) is 6.11. The minimum Gasteiger partial charge on any atom is -0.618 e. The molecule has 2 atom stereocenters. The summed E-state index contributed by atoms with van der Waals surface area (Å²) in [7, 11) is 6.09. The van der Waals surface area contributed by atoms with Gasteiger partial charge in [-0.25, -0.2) is 4.39 Å². The Labute approximate surface area is 244 Å². The first kappa shape index (κ1) is 29.1. The molecular formula is C31H35FN2O8. The molecule has 0 spiro atoms. The Morgan fingerprint density at radius 2 is 1.67 bits per heavy atom. The van der Waals surface area contributed by atoms with Gasteiger partial charge in [0, 0.05) is 37.4 Å². The smallest absolute Gasteiger partial charge is 0.208 e. The van der Waals surface area contributed by atoms with Crippen molar-refractivity contribution in [1.29, 1.82) is 0 Å². The molecule has 2 aliphatic rings. The van der Waals surface area contributed by atoms with E-state index in [4.69, 9.17) is 33.2 Å². The highest BCUT2D eigenvalue weighted by Gasteiger charge is 2.37. The van der Waals surface area contributed by atoms with Crippen LogP contribution in [0.2, 0.25) is 0 Å². The monoisotopic (exact) mass is 582 g/mol. The lowest BCUT2D eigenvalue weighted by Gasteiger charge is -2.29. The van der Waals surface area contributed by atoms with Crippen molar-refractivity contribution in [3.05, 3.63) is 71.1 Å². The van der Waals surface area contributed by atoms with Gasteiger partial charge in [-0.2, -0.15) is 4.74 Å². The van der Waals surface area contributed by atoms with Crippen LogP contribution in [-0.4, -0.2) is 63.3 Å². The summed E-state index contributed by atoms with van der Waals surface area (Å²) >= 11 is 0. The highest BCUT2D eigenvalue weighted by Crippen LogP contribution is 2.42. The van der Waals surface area contributed by atoms with E-state index < -0.39 is 5.82 Å². The topological polar surface area (TPSA) is 95.6 Å². The Morgan fingerprint density at radius 3 is 2.36 bits per heavy atom. The van der Waals surface area contributed by atoms with E-state index in [1.54, 1.807) is 31.5 Å². The van der Waals surface area contributed by atoms with Crippen LogP contribution in [0.25, 0.3) is 0 Å². The highest BCUT2D eigenvalue weighted by atomic mass is 19.1. The molecule has 10 nitrogen and oxygen atoms in total. The normalized spacial score (nSPS) is 17.6. The standard InChI is InChI=1S/C31H35FN2O8/c1-36-28-11-12-33-18-22-24(34(35)19-25(28)33)7-5-8-26(22)41-14-6-13-40-20-9-10-27(23(32)15-20)42-21-16-29(37-2)31(39-4)30(17-21)38-3/h7,9-12,15-17,19,22,26H,5-6,8,13-14,18H2,1-4H3/t22-,26?/m0/s1. The summed E-state index contributed by atoms with van der Waals surface area (Å²) in [4.78, 5) is 0. The van der Waals surface area contributed by atoms with Gasteiger partial charge in [-0.3, -0.25) is 0 Å². The second kappa shape index (κ2) is 13.1. The quantitative estimate of drug-likeness (QED) is 0.156. The zero-order valence-electron chi connectivity index (χ0n) is 24.1. The molecule has 1 aliphatic carbocycles. The molecule has 0 radical (unpaired) electrons. The van der Waals surface area contributed by atoms with Crippen LogP contribution in [0.15, 0.2) is 54.4 Å². The maximum absolute atomic E-state index is 14.9. The van der Waals surface area contributed by atoms with Crippen LogP contribution in [0.1, 0.15) is 25.0 Å². The molecule has 3 aromatic rings. The predicted octanol–water partition coefficient (Wildman–Crippen LogP) is 5.54. The van der Waals surface area contributed by atoms with E-state index >= 15 is 0 Å². The van der Waals surface area contributed by atoms with Crippen LogP contribution in [-0.2, 0) is 11.3 Å². The van der Waals surface area contributed by atoms with Crippen LogP contribution in [0.4, 0.5) is 4.39 Å². The Morgan fingerprint density at radius 1 is 0.905 bits per heavy atom. The summed E-state index contributed by atoms with van der Waals surface area (Å²) < 4.78 is 56.9. The van der Waals surface area contributed by atoms with Gasteiger partial charge < -0.3 is 42.9 Å². The molecule has 1 unspecified atom stereocenters. The van der Waals surface area contributed by atoms with Crippen LogP contribution in [0.3, 0.4) is 0 Å². The number of hydrogen-bond acceptors (Lipinski definition) is 8. The third-order valence-electron chi connectivity index (χ3n) is 7.37. The van der Waals surface area contributed by atoms with Crippen LogP contribution in [0.5, 0.6) is 40.2 Å². The number of hydrogen-bond donors (Lipinski definition) is 0. The van der Waals surface area contributed by atoms with Gasteiger partial charge in [-0.1, -0.05) is 0 Å². The Hall–Kier alpha value is -4.38. The number of hydroxylamine groups is 1. The summed E-state index contributed by atoms with van der Waals surface area (Å²) in [5.41, 5.74) is 1.47. The molecule has 0 saturated carbocycles. The van der Waals surface area contributed by atoms with Crippen molar-refractivity contribution in [3.63, 3.8) is 0 Å². The van der Waals surface area contributed by atoms with E-state index in [0.29, 0.717) is 60.7 Å². The molecule has 0 fully saturated rings.